The summed E-state index contributed by atoms with van der Waals surface area (Å²) in [6, 6.07) is 12.9. The van der Waals surface area contributed by atoms with Gasteiger partial charge in [-0.15, -0.1) is 0 Å². The number of ether oxygens (including phenoxy) is 2. The summed E-state index contributed by atoms with van der Waals surface area (Å²) >= 11 is 5.94. The number of phenols is 1. The first-order valence-corrected chi connectivity index (χ1v) is 11.2. The molecule has 1 aliphatic rings. The molecule has 5 atom stereocenters. The van der Waals surface area contributed by atoms with Crippen molar-refractivity contribution in [1.29, 1.82) is 0 Å². The minimum Gasteiger partial charge on any atom is -0.508 e. The van der Waals surface area contributed by atoms with E-state index in [1.165, 1.54) is 18.2 Å². The van der Waals surface area contributed by atoms with Crippen molar-refractivity contribution in [2.75, 3.05) is 0 Å². The molecule has 0 aliphatic heterocycles. The van der Waals surface area contributed by atoms with Crippen LogP contribution >= 0.6 is 11.6 Å². The second-order valence-electron chi connectivity index (χ2n) is 8.23. The van der Waals surface area contributed by atoms with Gasteiger partial charge < -0.3 is 29.9 Å². The van der Waals surface area contributed by atoms with Gasteiger partial charge in [-0.2, -0.15) is 0 Å². The van der Waals surface area contributed by atoms with E-state index in [-0.39, 0.29) is 18.6 Å². The predicted octanol–water partition coefficient (Wildman–Crippen LogP) is 3.48. The predicted molar refractivity (Wildman–Crippen MR) is 124 cm³/mol. The number of aromatic hydroxyl groups is 1. The van der Waals surface area contributed by atoms with Gasteiger partial charge in [-0.1, -0.05) is 42.8 Å². The molecule has 0 amide bonds. The molecule has 1 saturated carbocycles. The molecule has 182 valence electrons. The van der Waals surface area contributed by atoms with Crippen LogP contribution in [0.25, 0.3) is 6.08 Å². The lowest BCUT2D eigenvalue weighted by Crippen LogP contribution is -2.58. The van der Waals surface area contributed by atoms with E-state index < -0.39 is 42.0 Å². The Bertz CT molecular complexity index is 1020. The third-order valence-corrected chi connectivity index (χ3v) is 6.04. The Morgan fingerprint density at radius 3 is 2.35 bits per heavy atom. The molecule has 3 rings (SSSR count). The number of carboxylic acid groups (broad SMARTS) is 1. The summed E-state index contributed by atoms with van der Waals surface area (Å²) in [5, 5.41) is 40.7. The van der Waals surface area contributed by atoms with E-state index in [1.54, 1.807) is 36.4 Å². The summed E-state index contributed by atoms with van der Waals surface area (Å²) in [7, 11) is 0. The Morgan fingerprint density at radius 1 is 1.12 bits per heavy atom. The van der Waals surface area contributed by atoms with Gasteiger partial charge in [0.05, 0.1) is 12.2 Å². The highest BCUT2D eigenvalue weighted by Crippen LogP contribution is 2.39. The average Bonchev–Trinajstić information content (AvgIpc) is 2.81. The monoisotopic (exact) mass is 490 g/mol. The maximum Gasteiger partial charge on any atom is 0.336 e. The number of esters is 1. The number of carbonyl (C=O) groups is 2. The lowest BCUT2D eigenvalue weighted by Gasteiger charge is -2.43. The van der Waals surface area contributed by atoms with Gasteiger partial charge in [0, 0.05) is 23.9 Å². The number of carbonyl (C=O) groups excluding carboxylic acids is 1. The number of phenolic OH excluding ortho intramolecular Hbond substituents is 1. The van der Waals surface area contributed by atoms with Crippen LogP contribution in [-0.2, 0) is 19.1 Å². The van der Waals surface area contributed by atoms with Crippen LogP contribution in [0, 0.1) is 0 Å². The molecule has 1 aliphatic carbocycles. The molecule has 0 radical (unpaired) electrons. The Kier molecular flexibility index (Phi) is 8.33. The Hall–Kier alpha value is -2.91. The quantitative estimate of drug-likeness (QED) is 0.326. The maximum atomic E-state index is 12.4. The van der Waals surface area contributed by atoms with Gasteiger partial charge in [-0.05, 0) is 47.9 Å². The fraction of sp³-hybridized carbons (Fsp3) is 0.360. The summed E-state index contributed by atoms with van der Waals surface area (Å²) < 4.78 is 11.4. The van der Waals surface area contributed by atoms with Crippen LogP contribution in [0.3, 0.4) is 0 Å². The standard InChI is InChI=1S/C25H27ClO8/c1-2-20(16-6-8-17(26)9-7-16)34-25(24(31)32)13-19(28)23(30)21(14-25)33-22(29)12-5-15-3-10-18(27)11-4-15/h3-12,19-21,23,27-28,30H,2,13-14H2,1H3,(H,31,32)/b12-5+/t19-,20?,21+,23+,25-/m0/s1. The molecule has 34 heavy (non-hydrogen) atoms. The van der Waals surface area contributed by atoms with Crippen molar-refractivity contribution in [3.63, 3.8) is 0 Å². The molecule has 1 unspecified atom stereocenters. The van der Waals surface area contributed by atoms with Gasteiger partial charge in [-0.3, -0.25) is 0 Å². The van der Waals surface area contributed by atoms with Crippen molar-refractivity contribution < 1.29 is 39.5 Å². The number of hydrogen-bond donors (Lipinski definition) is 4. The van der Waals surface area contributed by atoms with Gasteiger partial charge in [0.25, 0.3) is 0 Å². The number of aliphatic carboxylic acids is 1. The minimum absolute atomic E-state index is 0.0769. The summed E-state index contributed by atoms with van der Waals surface area (Å²) in [4.78, 5) is 24.7. The summed E-state index contributed by atoms with van der Waals surface area (Å²) in [6.45, 7) is 1.83. The number of hydrogen-bond acceptors (Lipinski definition) is 7. The molecule has 8 nitrogen and oxygen atoms in total. The smallest absolute Gasteiger partial charge is 0.336 e. The number of carboxylic acids is 1. The van der Waals surface area contributed by atoms with E-state index in [2.05, 4.69) is 0 Å². The molecule has 2 aromatic carbocycles. The van der Waals surface area contributed by atoms with E-state index >= 15 is 0 Å². The molecule has 0 bridgehead atoms. The largest absolute Gasteiger partial charge is 0.508 e. The lowest BCUT2D eigenvalue weighted by atomic mass is 9.79. The second-order valence-corrected chi connectivity index (χ2v) is 8.67. The van der Waals surface area contributed by atoms with Crippen LogP contribution in [0.4, 0.5) is 0 Å². The molecule has 1 fully saturated rings. The summed E-state index contributed by atoms with van der Waals surface area (Å²) in [5.74, 6) is -2.07. The van der Waals surface area contributed by atoms with Crippen molar-refractivity contribution in [2.45, 2.75) is 56.2 Å². The van der Waals surface area contributed by atoms with E-state index in [4.69, 9.17) is 21.1 Å². The van der Waals surface area contributed by atoms with Crippen LogP contribution in [0.5, 0.6) is 5.75 Å². The molecule has 2 aromatic rings. The highest BCUT2D eigenvalue weighted by atomic mass is 35.5. The zero-order valence-electron chi connectivity index (χ0n) is 18.5. The van der Waals surface area contributed by atoms with Crippen molar-refractivity contribution in [3.8, 4) is 5.75 Å². The van der Waals surface area contributed by atoms with Gasteiger partial charge in [0.1, 0.15) is 18.0 Å². The highest BCUT2D eigenvalue weighted by molar-refractivity contribution is 6.30. The van der Waals surface area contributed by atoms with Crippen LogP contribution < -0.4 is 0 Å². The molecule has 9 heteroatoms. The first-order chi connectivity index (χ1) is 16.1. The normalized spacial score (nSPS) is 25.7. The van der Waals surface area contributed by atoms with E-state index in [9.17, 15) is 30.0 Å². The number of rotatable bonds is 8. The van der Waals surface area contributed by atoms with Crippen LogP contribution in [0.1, 0.15) is 43.4 Å². The Labute approximate surface area is 202 Å². The number of halogens is 1. The zero-order chi connectivity index (χ0) is 24.9. The molecule has 0 heterocycles. The summed E-state index contributed by atoms with van der Waals surface area (Å²) in [5.41, 5.74) is -0.556. The fourth-order valence-corrected chi connectivity index (χ4v) is 4.07. The van der Waals surface area contributed by atoms with Crippen molar-refractivity contribution >= 4 is 29.6 Å². The van der Waals surface area contributed by atoms with Gasteiger partial charge in [0.2, 0.25) is 0 Å². The average molecular weight is 491 g/mol. The molecular formula is C25H27ClO8. The molecule has 0 saturated heterocycles. The highest BCUT2D eigenvalue weighted by Gasteiger charge is 2.53. The Morgan fingerprint density at radius 2 is 1.76 bits per heavy atom. The first-order valence-electron chi connectivity index (χ1n) is 10.8. The Balaban J connectivity index is 1.78. The SMILES string of the molecule is CCC(O[C@@]1(C(=O)O)C[C@H](O)[C@@H](O)[C@H](OC(=O)/C=C/c2ccc(O)cc2)C1)c1ccc(Cl)cc1. The minimum atomic E-state index is -1.88. The zero-order valence-corrected chi connectivity index (χ0v) is 19.3. The van der Waals surface area contributed by atoms with Gasteiger partial charge >= 0.3 is 11.9 Å². The van der Waals surface area contributed by atoms with Crippen molar-refractivity contribution in [2.24, 2.45) is 0 Å². The molecule has 4 N–H and O–H groups in total. The van der Waals surface area contributed by atoms with Gasteiger partial charge in [0.15, 0.2) is 5.60 Å². The number of benzene rings is 2. The second kappa shape index (κ2) is 11.0. The third kappa shape index (κ3) is 6.15. The lowest BCUT2D eigenvalue weighted by molar-refractivity contribution is -0.217. The van der Waals surface area contributed by atoms with Gasteiger partial charge in [-0.25, -0.2) is 9.59 Å². The van der Waals surface area contributed by atoms with Crippen molar-refractivity contribution in [3.05, 3.63) is 70.8 Å². The maximum absolute atomic E-state index is 12.4. The topological polar surface area (TPSA) is 134 Å². The van der Waals surface area contributed by atoms with Crippen LogP contribution in [-0.4, -0.2) is 56.3 Å². The van der Waals surface area contributed by atoms with Crippen molar-refractivity contribution in [1.82, 2.24) is 0 Å². The van der Waals surface area contributed by atoms with Crippen LogP contribution in [0.2, 0.25) is 5.02 Å². The summed E-state index contributed by atoms with van der Waals surface area (Å²) in [6.07, 6.45) is -2.59. The number of aliphatic hydroxyl groups excluding tert-OH is 2. The van der Waals surface area contributed by atoms with Crippen LogP contribution in [0.15, 0.2) is 54.6 Å². The van der Waals surface area contributed by atoms with E-state index in [1.807, 2.05) is 6.92 Å². The third-order valence-electron chi connectivity index (χ3n) is 5.79. The number of aliphatic hydroxyl groups is 2. The fourth-order valence-electron chi connectivity index (χ4n) is 3.94. The molecule has 0 aromatic heterocycles. The van der Waals surface area contributed by atoms with E-state index in [0.29, 0.717) is 22.6 Å². The molecular weight excluding hydrogens is 464 g/mol. The first kappa shape index (κ1) is 25.7. The molecule has 0 spiro atoms. The van der Waals surface area contributed by atoms with E-state index in [0.717, 1.165) is 6.08 Å².